The van der Waals surface area contributed by atoms with E-state index >= 15 is 0 Å². The molecule has 1 aliphatic rings. The van der Waals surface area contributed by atoms with Gasteiger partial charge < -0.3 is 4.57 Å². The van der Waals surface area contributed by atoms with Crippen LogP contribution in [0.5, 0.6) is 0 Å². The van der Waals surface area contributed by atoms with Gasteiger partial charge in [0.1, 0.15) is 5.57 Å². The number of aromatic nitrogens is 2. The van der Waals surface area contributed by atoms with Gasteiger partial charge in [0.25, 0.3) is 11.8 Å². The second-order valence-corrected chi connectivity index (χ2v) is 7.24. The summed E-state index contributed by atoms with van der Waals surface area (Å²) in [4.78, 5) is 42.8. The molecule has 0 spiro atoms. The molecule has 1 aromatic carbocycles. The number of pyridine rings is 1. The van der Waals surface area contributed by atoms with Crippen molar-refractivity contribution in [2.75, 3.05) is 4.90 Å². The van der Waals surface area contributed by atoms with Gasteiger partial charge in [-0.3, -0.25) is 19.9 Å². The monoisotopic (exact) mass is 420 g/mol. The minimum atomic E-state index is -0.801. The van der Waals surface area contributed by atoms with Crippen LogP contribution in [0, 0.1) is 13.8 Å². The number of hydrogen-bond donors (Lipinski definition) is 1. The molecule has 1 saturated heterocycles. The number of imide groups is 2. The maximum absolute atomic E-state index is 13.0. The van der Waals surface area contributed by atoms with Crippen LogP contribution in [0.25, 0.3) is 11.8 Å². The summed E-state index contributed by atoms with van der Waals surface area (Å²) < 4.78 is 1.98. The quantitative estimate of drug-likeness (QED) is 0.515. The molecule has 150 valence electrons. The molecule has 1 aliphatic heterocycles. The van der Waals surface area contributed by atoms with Gasteiger partial charge in [0, 0.05) is 22.6 Å². The van der Waals surface area contributed by atoms with Crippen molar-refractivity contribution < 1.29 is 14.4 Å². The summed E-state index contributed by atoms with van der Waals surface area (Å²) in [6, 6.07) is 11.0. The third-order valence-electron chi connectivity index (χ3n) is 4.86. The Kier molecular flexibility index (Phi) is 4.97. The zero-order valence-electron chi connectivity index (χ0n) is 16.2. The predicted molar refractivity (Wildman–Crippen MR) is 113 cm³/mol. The van der Waals surface area contributed by atoms with E-state index in [1.165, 1.54) is 6.08 Å². The van der Waals surface area contributed by atoms with Crippen LogP contribution in [0.4, 0.5) is 10.5 Å². The third kappa shape index (κ3) is 3.40. The highest BCUT2D eigenvalue weighted by molar-refractivity contribution is 6.39. The van der Waals surface area contributed by atoms with Crippen molar-refractivity contribution in [2.24, 2.45) is 0 Å². The number of carbonyl (C=O) groups is 3. The molecule has 0 bridgehead atoms. The summed E-state index contributed by atoms with van der Waals surface area (Å²) in [6.07, 6.45) is 4.92. The van der Waals surface area contributed by atoms with Crippen molar-refractivity contribution in [3.05, 3.63) is 82.4 Å². The molecule has 3 heterocycles. The van der Waals surface area contributed by atoms with Crippen LogP contribution in [0.2, 0.25) is 5.02 Å². The van der Waals surface area contributed by atoms with E-state index in [0.29, 0.717) is 16.3 Å². The third-order valence-corrected chi connectivity index (χ3v) is 5.11. The highest BCUT2D eigenvalue weighted by Crippen LogP contribution is 2.26. The van der Waals surface area contributed by atoms with Gasteiger partial charge in [-0.25, -0.2) is 9.69 Å². The summed E-state index contributed by atoms with van der Waals surface area (Å²) in [5, 5.41) is 2.70. The largest absolute Gasteiger partial charge is 0.335 e. The number of nitrogens with zero attached hydrogens (tertiary/aromatic N) is 3. The fourth-order valence-electron chi connectivity index (χ4n) is 3.45. The Morgan fingerprint density at radius 2 is 1.77 bits per heavy atom. The van der Waals surface area contributed by atoms with Crippen molar-refractivity contribution in [2.45, 2.75) is 13.8 Å². The van der Waals surface area contributed by atoms with E-state index in [9.17, 15) is 14.4 Å². The molecule has 2 aromatic heterocycles. The molecule has 4 rings (SSSR count). The summed E-state index contributed by atoms with van der Waals surface area (Å²) in [5.41, 5.74) is 3.51. The van der Waals surface area contributed by atoms with Crippen molar-refractivity contribution in [3.63, 3.8) is 0 Å². The maximum atomic E-state index is 13.0. The fraction of sp³-hybridized carbons (Fsp3) is 0.0909. The van der Waals surface area contributed by atoms with E-state index in [2.05, 4.69) is 10.3 Å². The molecule has 4 amide bonds. The molecule has 3 aromatic rings. The second-order valence-electron chi connectivity index (χ2n) is 6.81. The van der Waals surface area contributed by atoms with Crippen LogP contribution in [0.15, 0.2) is 60.4 Å². The van der Waals surface area contributed by atoms with Gasteiger partial charge in [-0.05, 0) is 68.0 Å². The number of benzene rings is 1. The molecule has 30 heavy (non-hydrogen) atoms. The van der Waals surface area contributed by atoms with Crippen molar-refractivity contribution in [3.8, 4) is 5.69 Å². The van der Waals surface area contributed by atoms with Gasteiger partial charge in [0.15, 0.2) is 0 Å². The summed E-state index contributed by atoms with van der Waals surface area (Å²) in [5.74, 6) is -1.43. The Hall–Kier alpha value is -3.71. The average Bonchev–Trinajstić information content (AvgIpc) is 3.00. The topological polar surface area (TPSA) is 84.3 Å². The number of halogens is 1. The first-order valence-corrected chi connectivity index (χ1v) is 9.51. The first-order chi connectivity index (χ1) is 14.4. The fourth-order valence-corrected chi connectivity index (χ4v) is 3.58. The Morgan fingerprint density at radius 3 is 2.43 bits per heavy atom. The minimum absolute atomic E-state index is 0.129. The van der Waals surface area contributed by atoms with Gasteiger partial charge in [-0.1, -0.05) is 11.6 Å². The zero-order valence-corrected chi connectivity index (χ0v) is 17.0. The summed E-state index contributed by atoms with van der Waals surface area (Å²) in [7, 11) is 0. The molecule has 1 N–H and O–H groups in total. The Morgan fingerprint density at radius 1 is 1.03 bits per heavy atom. The Balaban J connectivity index is 1.76. The molecule has 7 nitrogen and oxygen atoms in total. The number of rotatable bonds is 3. The summed E-state index contributed by atoms with van der Waals surface area (Å²) >= 11 is 5.89. The van der Waals surface area contributed by atoms with Gasteiger partial charge in [0.2, 0.25) is 0 Å². The first kappa shape index (κ1) is 19.6. The number of barbiturate groups is 1. The first-order valence-electron chi connectivity index (χ1n) is 9.13. The highest BCUT2D eigenvalue weighted by atomic mass is 35.5. The number of amides is 4. The number of aryl methyl sites for hydroxylation is 1. The number of urea groups is 1. The van der Waals surface area contributed by atoms with E-state index in [4.69, 9.17) is 11.6 Å². The standard InChI is InChI=1S/C22H17ClN4O3/c1-13-10-15(14(2)26(13)18-4-3-9-24-12-18)11-19-20(28)25-22(30)27(21(19)29)17-7-5-16(23)6-8-17/h3-12H,1-2H3,(H,25,28,30)/b19-11+. The van der Waals surface area contributed by atoms with E-state index in [1.807, 2.05) is 36.6 Å². The van der Waals surface area contributed by atoms with Crippen LogP contribution < -0.4 is 10.2 Å². The van der Waals surface area contributed by atoms with Crippen LogP contribution in [0.3, 0.4) is 0 Å². The molecule has 0 radical (unpaired) electrons. The Labute approximate surface area is 177 Å². The maximum Gasteiger partial charge on any atom is 0.335 e. The minimum Gasteiger partial charge on any atom is -0.316 e. The molecule has 1 fully saturated rings. The molecular formula is C22H17ClN4O3. The van der Waals surface area contributed by atoms with Gasteiger partial charge >= 0.3 is 6.03 Å². The van der Waals surface area contributed by atoms with Crippen LogP contribution >= 0.6 is 11.6 Å². The Bertz CT molecular complexity index is 1200. The van der Waals surface area contributed by atoms with E-state index in [-0.39, 0.29) is 5.57 Å². The van der Waals surface area contributed by atoms with Crippen LogP contribution in [0.1, 0.15) is 17.0 Å². The van der Waals surface area contributed by atoms with Gasteiger partial charge in [-0.2, -0.15) is 0 Å². The smallest absolute Gasteiger partial charge is 0.316 e. The predicted octanol–water partition coefficient (Wildman–Crippen LogP) is 3.81. The van der Waals surface area contributed by atoms with Crippen LogP contribution in [-0.2, 0) is 9.59 Å². The van der Waals surface area contributed by atoms with Crippen molar-refractivity contribution >= 4 is 41.2 Å². The van der Waals surface area contributed by atoms with E-state index in [0.717, 1.165) is 22.0 Å². The zero-order chi connectivity index (χ0) is 21.4. The number of carbonyl (C=O) groups excluding carboxylic acids is 3. The van der Waals surface area contributed by atoms with Gasteiger partial charge in [-0.15, -0.1) is 0 Å². The molecule has 0 saturated carbocycles. The van der Waals surface area contributed by atoms with Crippen LogP contribution in [-0.4, -0.2) is 27.4 Å². The lowest BCUT2D eigenvalue weighted by molar-refractivity contribution is -0.122. The van der Waals surface area contributed by atoms with Crippen molar-refractivity contribution in [1.29, 1.82) is 0 Å². The number of nitrogens with one attached hydrogen (secondary N) is 1. The molecule has 0 atom stereocenters. The number of anilines is 1. The average molecular weight is 421 g/mol. The highest BCUT2D eigenvalue weighted by Gasteiger charge is 2.37. The van der Waals surface area contributed by atoms with Gasteiger partial charge in [0.05, 0.1) is 17.6 Å². The summed E-state index contributed by atoms with van der Waals surface area (Å²) in [6.45, 7) is 3.81. The molecular weight excluding hydrogens is 404 g/mol. The molecule has 0 unspecified atom stereocenters. The number of hydrogen-bond acceptors (Lipinski definition) is 4. The van der Waals surface area contributed by atoms with E-state index in [1.54, 1.807) is 36.7 Å². The lowest BCUT2D eigenvalue weighted by Gasteiger charge is -2.26. The SMILES string of the molecule is Cc1cc(/C=C2\C(=O)NC(=O)N(c3ccc(Cl)cc3)C2=O)c(C)n1-c1cccnc1. The molecule has 8 heteroatoms. The normalized spacial score (nSPS) is 15.6. The lowest BCUT2D eigenvalue weighted by Crippen LogP contribution is -2.54. The molecule has 0 aliphatic carbocycles. The lowest BCUT2D eigenvalue weighted by atomic mass is 10.1. The second kappa shape index (κ2) is 7.61. The van der Waals surface area contributed by atoms with Crippen molar-refractivity contribution in [1.82, 2.24) is 14.9 Å². The van der Waals surface area contributed by atoms with E-state index < -0.39 is 17.8 Å².